The molecule has 0 aliphatic heterocycles. The second-order valence-electron chi connectivity index (χ2n) is 4.23. The third-order valence-electron chi connectivity index (χ3n) is 2.73. The van der Waals surface area contributed by atoms with Crippen molar-refractivity contribution in [1.82, 2.24) is 0 Å². The van der Waals surface area contributed by atoms with Crippen LogP contribution in [-0.4, -0.2) is 19.6 Å². The molecule has 0 amide bonds. The number of methoxy groups -OCH3 is 1. The standard InChI is InChI=1S/C14H18ClNO2/c1-11(3-5-15)4-6-18-14-8-12(10-16)7-13(9-14)17-2/h7-9,11H,3-6H2,1-2H3. The van der Waals surface area contributed by atoms with E-state index in [1.54, 1.807) is 25.3 Å². The summed E-state index contributed by atoms with van der Waals surface area (Å²) >= 11 is 5.68. The Morgan fingerprint density at radius 2 is 2.00 bits per heavy atom. The van der Waals surface area contributed by atoms with Crippen LogP contribution in [0.5, 0.6) is 11.5 Å². The molecule has 3 nitrogen and oxygen atoms in total. The van der Waals surface area contributed by atoms with Crippen molar-refractivity contribution < 1.29 is 9.47 Å². The lowest BCUT2D eigenvalue weighted by Gasteiger charge is -2.11. The first-order valence-electron chi connectivity index (χ1n) is 5.97. The van der Waals surface area contributed by atoms with Gasteiger partial charge >= 0.3 is 0 Å². The number of hydrogen-bond donors (Lipinski definition) is 0. The lowest BCUT2D eigenvalue weighted by molar-refractivity contribution is 0.280. The Kier molecular flexibility index (Phi) is 6.38. The molecule has 0 aromatic heterocycles. The minimum absolute atomic E-state index is 0.540. The Hall–Kier alpha value is -1.40. The van der Waals surface area contributed by atoms with Gasteiger partial charge in [0.25, 0.3) is 0 Å². The Labute approximate surface area is 113 Å². The van der Waals surface area contributed by atoms with Gasteiger partial charge in [-0.05, 0) is 30.9 Å². The molecule has 1 aromatic rings. The first-order chi connectivity index (χ1) is 8.69. The summed E-state index contributed by atoms with van der Waals surface area (Å²) in [6, 6.07) is 7.27. The number of ether oxygens (including phenoxy) is 2. The van der Waals surface area contributed by atoms with Crippen molar-refractivity contribution in [3.05, 3.63) is 23.8 Å². The number of nitrogens with zero attached hydrogens (tertiary/aromatic N) is 1. The number of benzene rings is 1. The highest BCUT2D eigenvalue weighted by atomic mass is 35.5. The Morgan fingerprint density at radius 3 is 2.61 bits per heavy atom. The summed E-state index contributed by atoms with van der Waals surface area (Å²) in [6.07, 6.45) is 1.94. The largest absolute Gasteiger partial charge is 0.497 e. The maximum absolute atomic E-state index is 8.89. The smallest absolute Gasteiger partial charge is 0.124 e. The zero-order valence-electron chi connectivity index (χ0n) is 10.8. The van der Waals surface area contributed by atoms with Crippen molar-refractivity contribution in [3.8, 4) is 17.6 Å². The maximum atomic E-state index is 8.89. The second kappa shape index (κ2) is 7.84. The summed E-state index contributed by atoms with van der Waals surface area (Å²) in [5.41, 5.74) is 0.540. The molecular weight excluding hydrogens is 250 g/mol. The summed E-state index contributed by atoms with van der Waals surface area (Å²) in [5.74, 6) is 2.53. The highest BCUT2D eigenvalue weighted by Gasteiger charge is 2.04. The van der Waals surface area contributed by atoms with Crippen LogP contribution in [0.3, 0.4) is 0 Å². The van der Waals surface area contributed by atoms with Gasteiger partial charge in [0.05, 0.1) is 25.3 Å². The number of alkyl halides is 1. The Balaban J connectivity index is 2.54. The molecule has 98 valence electrons. The molecule has 0 saturated heterocycles. The van der Waals surface area contributed by atoms with Crippen molar-refractivity contribution in [3.63, 3.8) is 0 Å². The lowest BCUT2D eigenvalue weighted by atomic mass is 10.1. The van der Waals surface area contributed by atoms with Gasteiger partial charge in [0, 0.05) is 11.9 Å². The van der Waals surface area contributed by atoms with E-state index in [1.807, 2.05) is 0 Å². The predicted octanol–water partition coefficient (Wildman–Crippen LogP) is 3.60. The van der Waals surface area contributed by atoms with Gasteiger partial charge in [-0.25, -0.2) is 0 Å². The van der Waals surface area contributed by atoms with Crippen LogP contribution in [-0.2, 0) is 0 Å². The molecule has 0 bridgehead atoms. The normalized spacial score (nSPS) is 11.7. The second-order valence-corrected chi connectivity index (χ2v) is 4.61. The highest BCUT2D eigenvalue weighted by Crippen LogP contribution is 2.22. The molecule has 0 saturated carbocycles. The van der Waals surface area contributed by atoms with Crippen molar-refractivity contribution in [2.75, 3.05) is 19.6 Å². The zero-order valence-corrected chi connectivity index (χ0v) is 11.5. The Morgan fingerprint density at radius 1 is 1.28 bits per heavy atom. The lowest BCUT2D eigenvalue weighted by Crippen LogP contribution is -2.05. The van der Waals surface area contributed by atoms with Crippen LogP contribution in [0.2, 0.25) is 0 Å². The van der Waals surface area contributed by atoms with E-state index in [0.29, 0.717) is 35.5 Å². The van der Waals surface area contributed by atoms with Gasteiger partial charge in [0.1, 0.15) is 11.5 Å². The molecule has 1 rings (SSSR count). The molecule has 1 atom stereocenters. The molecule has 0 fully saturated rings. The molecule has 18 heavy (non-hydrogen) atoms. The van der Waals surface area contributed by atoms with Gasteiger partial charge in [-0.1, -0.05) is 6.92 Å². The van der Waals surface area contributed by atoms with E-state index in [0.717, 1.165) is 12.8 Å². The molecule has 0 aliphatic rings. The first-order valence-corrected chi connectivity index (χ1v) is 6.51. The zero-order chi connectivity index (χ0) is 13.4. The van der Waals surface area contributed by atoms with Crippen molar-refractivity contribution >= 4 is 11.6 Å². The van der Waals surface area contributed by atoms with Crippen LogP contribution in [0.25, 0.3) is 0 Å². The molecule has 1 unspecified atom stereocenters. The molecule has 0 N–H and O–H groups in total. The van der Waals surface area contributed by atoms with E-state index < -0.39 is 0 Å². The number of halogens is 1. The molecule has 0 spiro atoms. The van der Waals surface area contributed by atoms with E-state index in [9.17, 15) is 0 Å². The van der Waals surface area contributed by atoms with E-state index in [1.165, 1.54) is 0 Å². The predicted molar refractivity (Wildman–Crippen MR) is 72.3 cm³/mol. The quantitative estimate of drug-likeness (QED) is 0.709. The van der Waals surface area contributed by atoms with E-state index in [4.69, 9.17) is 26.3 Å². The van der Waals surface area contributed by atoms with Crippen LogP contribution >= 0.6 is 11.6 Å². The minimum atomic E-state index is 0.540. The topological polar surface area (TPSA) is 42.2 Å². The number of hydrogen-bond acceptors (Lipinski definition) is 3. The molecule has 1 aromatic carbocycles. The van der Waals surface area contributed by atoms with Crippen LogP contribution in [0, 0.1) is 17.2 Å². The van der Waals surface area contributed by atoms with Gasteiger partial charge < -0.3 is 9.47 Å². The summed E-state index contributed by atoms with van der Waals surface area (Å²) in [5, 5.41) is 8.89. The fourth-order valence-corrected chi connectivity index (χ4v) is 1.92. The monoisotopic (exact) mass is 267 g/mol. The van der Waals surface area contributed by atoms with Gasteiger partial charge in [0.15, 0.2) is 0 Å². The average Bonchev–Trinajstić information content (AvgIpc) is 2.38. The molecule has 4 heteroatoms. The fraction of sp³-hybridized carbons (Fsp3) is 0.500. The van der Waals surface area contributed by atoms with Crippen LogP contribution < -0.4 is 9.47 Å². The van der Waals surface area contributed by atoms with Crippen molar-refractivity contribution in [2.24, 2.45) is 5.92 Å². The molecule has 0 heterocycles. The molecule has 0 radical (unpaired) electrons. The van der Waals surface area contributed by atoms with Gasteiger partial charge in [-0.3, -0.25) is 0 Å². The third kappa shape index (κ3) is 4.85. The minimum Gasteiger partial charge on any atom is -0.497 e. The summed E-state index contributed by atoms with van der Waals surface area (Å²) in [7, 11) is 1.57. The van der Waals surface area contributed by atoms with E-state index in [2.05, 4.69) is 13.0 Å². The van der Waals surface area contributed by atoms with Gasteiger partial charge in [0.2, 0.25) is 0 Å². The average molecular weight is 268 g/mol. The summed E-state index contributed by atoms with van der Waals surface area (Å²) in [4.78, 5) is 0. The molecular formula is C14H18ClNO2. The fourth-order valence-electron chi connectivity index (χ4n) is 1.55. The summed E-state index contributed by atoms with van der Waals surface area (Å²) < 4.78 is 10.7. The third-order valence-corrected chi connectivity index (χ3v) is 2.94. The van der Waals surface area contributed by atoms with Crippen LogP contribution in [0.4, 0.5) is 0 Å². The highest BCUT2D eigenvalue weighted by molar-refractivity contribution is 6.17. The molecule has 0 aliphatic carbocycles. The number of nitriles is 1. The van der Waals surface area contributed by atoms with Crippen LogP contribution in [0.15, 0.2) is 18.2 Å². The van der Waals surface area contributed by atoms with Gasteiger partial charge in [-0.15, -0.1) is 11.6 Å². The van der Waals surface area contributed by atoms with E-state index >= 15 is 0 Å². The maximum Gasteiger partial charge on any atom is 0.124 e. The summed E-state index contributed by atoms with van der Waals surface area (Å²) in [6.45, 7) is 2.77. The van der Waals surface area contributed by atoms with Crippen LogP contribution in [0.1, 0.15) is 25.3 Å². The van der Waals surface area contributed by atoms with Crippen molar-refractivity contribution in [2.45, 2.75) is 19.8 Å². The van der Waals surface area contributed by atoms with E-state index in [-0.39, 0.29) is 0 Å². The first kappa shape index (κ1) is 14.7. The number of rotatable bonds is 7. The Bertz CT molecular complexity index is 415. The van der Waals surface area contributed by atoms with Gasteiger partial charge in [-0.2, -0.15) is 5.26 Å². The SMILES string of the molecule is COc1cc(C#N)cc(OCCC(C)CCCl)c1. The van der Waals surface area contributed by atoms with Crippen molar-refractivity contribution in [1.29, 1.82) is 5.26 Å².